The first-order valence-electron chi connectivity index (χ1n) is 7.60. The largest absolute Gasteiger partial charge is 0.444 e. The summed E-state index contributed by atoms with van der Waals surface area (Å²) in [5.74, 6) is 0. The summed E-state index contributed by atoms with van der Waals surface area (Å²) in [5.41, 5.74) is 1.52. The third-order valence-corrected chi connectivity index (χ3v) is 4.40. The normalized spacial score (nSPS) is 21.6. The maximum absolute atomic E-state index is 12.6. The molecule has 1 aliphatic carbocycles. The molecule has 2 heterocycles. The summed E-state index contributed by atoms with van der Waals surface area (Å²) in [6.07, 6.45) is 1.67. The molecule has 1 aromatic heterocycles. The lowest BCUT2D eigenvalue weighted by atomic mass is 10.2. The van der Waals surface area contributed by atoms with Gasteiger partial charge in [0.25, 0.3) is 0 Å². The van der Waals surface area contributed by atoms with Gasteiger partial charge in [-0.15, -0.1) is 0 Å². The Balaban J connectivity index is 1.47. The number of carbonyl (C=O) groups is 2. The Morgan fingerprint density at radius 3 is 2.79 bits per heavy atom. The quantitative estimate of drug-likeness (QED) is 0.801. The van der Waals surface area contributed by atoms with Crippen molar-refractivity contribution in [3.63, 3.8) is 0 Å². The standard InChI is InChI=1S/C17H14ClN3O3/c18-15-8-12(6-7-19-15)20-13-9-14(13)21(16(20)22)17(23)24-10-11-4-2-1-3-5-11/h1-8,13-14H,9-10H2/t13-,14-/m1/s1. The minimum absolute atomic E-state index is 0.0137. The van der Waals surface area contributed by atoms with Crippen LogP contribution in [0.4, 0.5) is 15.3 Å². The topological polar surface area (TPSA) is 62.7 Å². The van der Waals surface area contributed by atoms with E-state index in [1.54, 1.807) is 23.2 Å². The number of nitrogens with zero attached hydrogens (tertiary/aromatic N) is 3. The molecule has 24 heavy (non-hydrogen) atoms. The van der Waals surface area contributed by atoms with Gasteiger partial charge in [-0.3, -0.25) is 4.90 Å². The summed E-state index contributed by atoms with van der Waals surface area (Å²) in [6, 6.07) is 12.2. The highest BCUT2D eigenvalue weighted by atomic mass is 35.5. The van der Waals surface area contributed by atoms with Crippen molar-refractivity contribution in [2.75, 3.05) is 4.90 Å². The molecule has 2 atom stereocenters. The summed E-state index contributed by atoms with van der Waals surface area (Å²) < 4.78 is 5.29. The molecule has 7 heteroatoms. The molecular weight excluding hydrogens is 330 g/mol. The van der Waals surface area contributed by atoms with E-state index in [9.17, 15) is 9.59 Å². The van der Waals surface area contributed by atoms with Crippen LogP contribution in [0.1, 0.15) is 12.0 Å². The third-order valence-electron chi connectivity index (χ3n) is 4.19. The van der Waals surface area contributed by atoms with Crippen molar-refractivity contribution in [2.24, 2.45) is 0 Å². The van der Waals surface area contributed by atoms with Gasteiger partial charge in [0, 0.05) is 6.20 Å². The molecule has 1 aliphatic heterocycles. The fourth-order valence-corrected chi connectivity index (χ4v) is 3.14. The predicted molar refractivity (Wildman–Crippen MR) is 87.8 cm³/mol. The van der Waals surface area contributed by atoms with Crippen molar-refractivity contribution < 1.29 is 14.3 Å². The van der Waals surface area contributed by atoms with Gasteiger partial charge in [0.2, 0.25) is 0 Å². The van der Waals surface area contributed by atoms with E-state index in [1.807, 2.05) is 30.3 Å². The number of amides is 3. The lowest BCUT2D eigenvalue weighted by molar-refractivity contribution is 0.107. The first kappa shape index (κ1) is 15.0. The molecule has 4 rings (SSSR count). The maximum Gasteiger partial charge on any atom is 0.418 e. The SMILES string of the molecule is O=C(OCc1ccccc1)N1C(=O)N(c2ccnc(Cl)c2)[C@@H]2C[C@H]21. The van der Waals surface area contributed by atoms with Gasteiger partial charge >= 0.3 is 12.1 Å². The molecule has 1 saturated heterocycles. The molecule has 2 aromatic rings. The van der Waals surface area contributed by atoms with Crippen molar-refractivity contribution in [3.05, 3.63) is 59.4 Å². The zero-order valence-electron chi connectivity index (χ0n) is 12.6. The van der Waals surface area contributed by atoms with Crippen LogP contribution in [0.5, 0.6) is 0 Å². The van der Waals surface area contributed by atoms with E-state index < -0.39 is 6.09 Å². The van der Waals surface area contributed by atoms with Crippen LogP contribution in [0, 0.1) is 0 Å². The van der Waals surface area contributed by atoms with Crippen LogP contribution in [0.2, 0.25) is 5.15 Å². The van der Waals surface area contributed by atoms with Gasteiger partial charge < -0.3 is 4.74 Å². The van der Waals surface area contributed by atoms with Crippen LogP contribution < -0.4 is 4.90 Å². The van der Waals surface area contributed by atoms with Crippen molar-refractivity contribution in [2.45, 2.75) is 25.1 Å². The number of hydrogen-bond acceptors (Lipinski definition) is 4. The Labute approximate surface area is 143 Å². The number of fused-ring (bicyclic) bond motifs is 1. The lowest BCUT2D eigenvalue weighted by Crippen LogP contribution is -2.41. The number of urea groups is 1. The smallest absolute Gasteiger partial charge is 0.418 e. The van der Waals surface area contributed by atoms with Gasteiger partial charge in [0.05, 0.1) is 17.8 Å². The van der Waals surface area contributed by atoms with E-state index in [1.165, 1.54) is 4.90 Å². The maximum atomic E-state index is 12.6. The number of halogens is 1. The van der Waals surface area contributed by atoms with Crippen molar-refractivity contribution in [1.82, 2.24) is 9.88 Å². The monoisotopic (exact) mass is 343 g/mol. The van der Waals surface area contributed by atoms with Gasteiger partial charge in [0.15, 0.2) is 0 Å². The number of rotatable bonds is 3. The molecule has 0 unspecified atom stereocenters. The molecule has 1 aromatic carbocycles. The first-order valence-corrected chi connectivity index (χ1v) is 7.97. The molecule has 2 aliphatic rings. The summed E-state index contributed by atoms with van der Waals surface area (Å²) in [4.78, 5) is 31.6. The van der Waals surface area contributed by atoms with Gasteiger partial charge in [-0.25, -0.2) is 19.5 Å². The molecule has 0 N–H and O–H groups in total. The van der Waals surface area contributed by atoms with Crippen LogP contribution in [-0.4, -0.2) is 34.1 Å². The van der Waals surface area contributed by atoms with Crippen LogP contribution in [0.15, 0.2) is 48.7 Å². The second-order valence-electron chi connectivity index (χ2n) is 5.77. The number of pyridine rings is 1. The fraction of sp³-hybridized carbons (Fsp3) is 0.235. The van der Waals surface area contributed by atoms with Crippen LogP contribution >= 0.6 is 11.6 Å². The Morgan fingerprint density at radius 2 is 2.04 bits per heavy atom. The summed E-state index contributed by atoms with van der Waals surface area (Å²) >= 11 is 5.89. The van der Waals surface area contributed by atoms with Gasteiger partial charge in [-0.2, -0.15) is 0 Å². The molecule has 6 nitrogen and oxygen atoms in total. The highest BCUT2D eigenvalue weighted by molar-refractivity contribution is 6.29. The summed E-state index contributed by atoms with van der Waals surface area (Å²) in [7, 11) is 0. The number of aromatic nitrogens is 1. The number of anilines is 1. The molecule has 122 valence electrons. The number of ether oxygens (including phenoxy) is 1. The van der Waals surface area contributed by atoms with E-state index in [4.69, 9.17) is 16.3 Å². The molecule has 0 bridgehead atoms. The van der Waals surface area contributed by atoms with E-state index in [0.717, 1.165) is 12.0 Å². The Kier molecular flexibility index (Phi) is 3.61. The van der Waals surface area contributed by atoms with Crippen molar-refractivity contribution >= 4 is 29.4 Å². The van der Waals surface area contributed by atoms with Crippen LogP contribution in [-0.2, 0) is 11.3 Å². The summed E-state index contributed by atoms with van der Waals surface area (Å²) in [5, 5.41) is 0.308. The Bertz CT molecular complexity index is 799. The fourth-order valence-electron chi connectivity index (χ4n) is 2.97. The second-order valence-corrected chi connectivity index (χ2v) is 6.16. The van der Waals surface area contributed by atoms with Crippen LogP contribution in [0.25, 0.3) is 0 Å². The van der Waals surface area contributed by atoms with Crippen molar-refractivity contribution in [3.8, 4) is 0 Å². The van der Waals surface area contributed by atoms with Crippen molar-refractivity contribution in [1.29, 1.82) is 0 Å². The predicted octanol–water partition coefficient (Wildman–Crippen LogP) is 3.45. The highest BCUT2D eigenvalue weighted by Crippen LogP contribution is 2.44. The number of carbonyl (C=O) groups excluding carboxylic acids is 2. The molecule has 1 saturated carbocycles. The first-order chi connectivity index (χ1) is 11.6. The molecule has 0 radical (unpaired) electrons. The minimum atomic E-state index is -0.612. The lowest BCUT2D eigenvalue weighted by Gasteiger charge is -2.21. The van der Waals surface area contributed by atoms with E-state index in [0.29, 0.717) is 10.8 Å². The zero-order valence-corrected chi connectivity index (χ0v) is 13.4. The number of benzene rings is 1. The molecule has 0 spiro atoms. The van der Waals surface area contributed by atoms with Gasteiger partial charge in [0.1, 0.15) is 11.8 Å². The Morgan fingerprint density at radius 1 is 1.25 bits per heavy atom. The minimum Gasteiger partial charge on any atom is -0.444 e. The average molecular weight is 344 g/mol. The highest BCUT2D eigenvalue weighted by Gasteiger charge is 2.60. The third kappa shape index (κ3) is 2.59. The molecule has 2 fully saturated rings. The van der Waals surface area contributed by atoms with E-state index in [-0.39, 0.29) is 24.7 Å². The summed E-state index contributed by atoms with van der Waals surface area (Å²) in [6.45, 7) is 0.141. The number of hydrogen-bond donors (Lipinski definition) is 0. The van der Waals surface area contributed by atoms with E-state index in [2.05, 4.69) is 4.98 Å². The average Bonchev–Trinajstić information content (AvgIpc) is 3.28. The second kappa shape index (κ2) is 5.79. The van der Waals surface area contributed by atoms with Gasteiger partial charge in [-0.1, -0.05) is 41.9 Å². The molecule has 3 amide bonds. The van der Waals surface area contributed by atoms with Crippen LogP contribution in [0.3, 0.4) is 0 Å². The zero-order chi connectivity index (χ0) is 16.7. The Hall–Kier alpha value is -2.60. The van der Waals surface area contributed by atoms with Gasteiger partial charge in [-0.05, 0) is 24.1 Å². The van der Waals surface area contributed by atoms with E-state index >= 15 is 0 Å². The number of imide groups is 1. The molecular formula is C17H14ClN3O3.